The van der Waals surface area contributed by atoms with Gasteiger partial charge < -0.3 is 4.90 Å². The normalized spacial score (nSPS) is 19.5. The van der Waals surface area contributed by atoms with Crippen LogP contribution < -0.4 is 0 Å². The van der Waals surface area contributed by atoms with Crippen LogP contribution in [0, 0.1) is 5.92 Å². The summed E-state index contributed by atoms with van der Waals surface area (Å²) in [5, 5.41) is 0. The van der Waals surface area contributed by atoms with E-state index in [1.54, 1.807) is 6.92 Å². The van der Waals surface area contributed by atoms with E-state index in [0.717, 1.165) is 0 Å². The molecule has 1 aliphatic rings. The van der Waals surface area contributed by atoms with E-state index in [0.29, 0.717) is 0 Å². The van der Waals surface area contributed by atoms with Crippen LogP contribution in [0.2, 0.25) is 0 Å². The lowest BCUT2D eigenvalue weighted by molar-refractivity contribution is -0.389. The van der Waals surface area contributed by atoms with Gasteiger partial charge in [0.2, 0.25) is 0 Å². The summed E-state index contributed by atoms with van der Waals surface area (Å²) in [6.07, 6.45) is -6.61. The maximum Gasteiger partial charge on any atom is 0.460 e. The van der Waals surface area contributed by atoms with E-state index in [1.165, 1.54) is 0 Å². The van der Waals surface area contributed by atoms with Crippen LogP contribution in [0.25, 0.3) is 0 Å². The van der Waals surface area contributed by atoms with Crippen LogP contribution in [-0.4, -0.2) is 47.8 Å². The molecular formula is C11H12F9NO. The molecule has 1 heterocycles. The molecule has 0 unspecified atom stereocenters. The number of likely N-dealkylation sites (tertiary alicyclic amines) is 1. The molecule has 0 aromatic heterocycles. The molecule has 2 nitrogen and oxygen atoms in total. The standard InChI is InChI=1S/C11H12F9NO/c1-6-2-4-21(5-3-6)7(22)8(12,13)9(14,15)10(16,17)11(18,19)20/h6H,2-5H2,1H3. The molecule has 1 rings (SSSR count). The Kier molecular flexibility index (Phi) is 4.71. The molecular weight excluding hydrogens is 333 g/mol. The first-order valence-electron chi connectivity index (χ1n) is 6.15. The van der Waals surface area contributed by atoms with Crippen molar-refractivity contribution in [2.75, 3.05) is 13.1 Å². The molecule has 1 aliphatic heterocycles. The second-order valence-corrected chi connectivity index (χ2v) is 5.20. The number of alkyl halides is 9. The summed E-state index contributed by atoms with van der Waals surface area (Å²) in [6.45, 7) is 0.860. The third-order valence-electron chi connectivity index (χ3n) is 3.48. The van der Waals surface area contributed by atoms with Gasteiger partial charge >= 0.3 is 23.9 Å². The topological polar surface area (TPSA) is 20.3 Å². The first-order valence-corrected chi connectivity index (χ1v) is 6.15. The molecule has 1 fully saturated rings. The number of carbonyl (C=O) groups is 1. The Hall–Kier alpha value is -1.16. The van der Waals surface area contributed by atoms with Crippen LogP contribution >= 0.6 is 0 Å². The van der Waals surface area contributed by atoms with Crippen molar-refractivity contribution in [1.82, 2.24) is 4.90 Å². The Morgan fingerprint density at radius 2 is 1.27 bits per heavy atom. The van der Waals surface area contributed by atoms with Crippen molar-refractivity contribution in [2.24, 2.45) is 5.92 Å². The first kappa shape index (κ1) is 18.9. The highest BCUT2D eigenvalue weighted by Gasteiger charge is 2.84. The summed E-state index contributed by atoms with van der Waals surface area (Å²) >= 11 is 0. The smallest absolute Gasteiger partial charge is 0.337 e. The fraction of sp³-hybridized carbons (Fsp3) is 0.909. The van der Waals surface area contributed by atoms with Gasteiger partial charge in [-0.3, -0.25) is 4.79 Å². The zero-order chi connectivity index (χ0) is 17.6. The van der Waals surface area contributed by atoms with Crippen LogP contribution in [0.15, 0.2) is 0 Å². The van der Waals surface area contributed by atoms with Gasteiger partial charge in [0, 0.05) is 13.1 Å². The molecule has 0 aliphatic carbocycles. The summed E-state index contributed by atoms with van der Waals surface area (Å²) in [4.78, 5) is 11.5. The summed E-state index contributed by atoms with van der Waals surface area (Å²) in [7, 11) is 0. The Morgan fingerprint density at radius 1 is 0.864 bits per heavy atom. The third-order valence-corrected chi connectivity index (χ3v) is 3.48. The molecule has 0 bridgehead atoms. The van der Waals surface area contributed by atoms with Gasteiger partial charge in [-0.2, -0.15) is 39.5 Å². The van der Waals surface area contributed by atoms with Crippen LogP contribution in [0.5, 0.6) is 0 Å². The van der Waals surface area contributed by atoms with Crippen LogP contribution in [-0.2, 0) is 4.79 Å². The van der Waals surface area contributed by atoms with Crippen molar-refractivity contribution in [3.8, 4) is 0 Å². The molecule has 0 aromatic rings. The SMILES string of the molecule is CC1CCN(C(=O)C(F)(F)C(F)(F)C(F)(F)C(F)(F)F)CC1. The van der Waals surface area contributed by atoms with E-state index in [9.17, 15) is 44.3 Å². The number of piperidine rings is 1. The third kappa shape index (κ3) is 2.85. The molecule has 11 heteroatoms. The Bertz CT molecular complexity index is 424. The lowest BCUT2D eigenvalue weighted by atomic mass is 9.97. The molecule has 1 amide bonds. The number of nitrogens with zero attached hydrogens (tertiary/aromatic N) is 1. The fourth-order valence-corrected chi connectivity index (χ4v) is 1.92. The molecule has 0 spiro atoms. The summed E-state index contributed by atoms with van der Waals surface area (Å²) in [5.41, 5.74) is 0. The van der Waals surface area contributed by atoms with Gasteiger partial charge in [0.05, 0.1) is 0 Å². The number of rotatable bonds is 3. The lowest BCUT2D eigenvalue weighted by Crippen LogP contribution is -2.66. The predicted octanol–water partition coefficient (Wildman–Crippen LogP) is 3.71. The van der Waals surface area contributed by atoms with Crippen LogP contribution in [0.1, 0.15) is 19.8 Å². The van der Waals surface area contributed by atoms with Crippen LogP contribution in [0.4, 0.5) is 39.5 Å². The van der Waals surface area contributed by atoms with Crippen molar-refractivity contribution in [1.29, 1.82) is 0 Å². The molecule has 0 atom stereocenters. The average molecular weight is 345 g/mol. The van der Waals surface area contributed by atoms with E-state index >= 15 is 0 Å². The van der Waals surface area contributed by atoms with Gasteiger partial charge in [-0.15, -0.1) is 0 Å². The average Bonchev–Trinajstić information content (AvgIpc) is 2.37. The molecule has 22 heavy (non-hydrogen) atoms. The Labute approximate surface area is 119 Å². The quantitative estimate of drug-likeness (QED) is 0.714. The van der Waals surface area contributed by atoms with Gasteiger partial charge in [-0.1, -0.05) is 6.92 Å². The van der Waals surface area contributed by atoms with E-state index in [4.69, 9.17) is 0 Å². The van der Waals surface area contributed by atoms with E-state index < -0.39 is 42.9 Å². The number of hydrogen-bond acceptors (Lipinski definition) is 1. The summed E-state index contributed by atoms with van der Waals surface area (Å²) < 4.78 is 114. The zero-order valence-electron chi connectivity index (χ0n) is 11.2. The highest BCUT2D eigenvalue weighted by Crippen LogP contribution is 2.53. The Balaban J connectivity index is 3.08. The second-order valence-electron chi connectivity index (χ2n) is 5.20. The number of amides is 1. The monoisotopic (exact) mass is 345 g/mol. The molecule has 0 radical (unpaired) electrons. The van der Waals surface area contributed by atoms with Crippen molar-refractivity contribution >= 4 is 5.91 Å². The van der Waals surface area contributed by atoms with Crippen molar-refractivity contribution in [3.05, 3.63) is 0 Å². The zero-order valence-corrected chi connectivity index (χ0v) is 11.2. The minimum absolute atomic E-state index is 0.00482. The van der Waals surface area contributed by atoms with E-state index in [2.05, 4.69) is 0 Å². The summed E-state index contributed by atoms with van der Waals surface area (Å²) in [5.74, 6) is -22.8. The van der Waals surface area contributed by atoms with Gasteiger partial charge in [-0.05, 0) is 18.8 Å². The predicted molar refractivity (Wildman–Crippen MR) is 55.9 cm³/mol. The fourth-order valence-electron chi connectivity index (χ4n) is 1.92. The molecule has 0 aromatic carbocycles. The van der Waals surface area contributed by atoms with Gasteiger partial charge in [0.1, 0.15) is 0 Å². The minimum atomic E-state index is -7.04. The van der Waals surface area contributed by atoms with Gasteiger partial charge in [-0.25, -0.2) is 0 Å². The first-order chi connectivity index (χ1) is 9.66. The largest absolute Gasteiger partial charge is 0.460 e. The highest BCUT2D eigenvalue weighted by atomic mass is 19.4. The number of halogens is 9. The van der Waals surface area contributed by atoms with E-state index in [-0.39, 0.29) is 23.7 Å². The second kappa shape index (κ2) is 5.48. The van der Waals surface area contributed by atoms with Crippen LogP contribution in [0.3, 0.4) is 0 Å². The minimum Gasteiger partial charge on any atom is -0.337 e. The highest BCUT2D eigenvalue weighted by molar-refractivity contribution is 5.85. The molecule has 0 N–H and O–H groups in total. The summed E-state index contributed by atoms with van der Waals surface area (Å²) in [6, 6.07) is 0. The van der Waals surface area contributed by atoms with Crippen molar-refractivity contribution < 1.29 is 44.3 Å². The molecule has 0 saturated carbocycles. The Morgan fingerprint density at radius 3 is 1.64 bits per heavy atom. The lowest BCUT2D eigenvalue weighted by Gasteiger charge is -2.37. The van der Waals surface area contributed by atoms with Gasteiger partial charge in [0.15, 0.2) is 0 Å². The molecule has 130 valence electrons. The van der Waals surface area contributed by atoms with E-state index in [1.807, 2.05) is 0 Å². The van der Waals surface area contributed by atoms with Crippen molar-refractivity contribution in [2.45, 2.75) is 43.7 Å². The molecule has 1 saturated heterocycles. The van der Waals surface area contributed by atoms with Gasteiger partial charge in [0.25, 0.3) is 5.91 Å². The maximum absolute atomic E-state index is 13.4. The van der Waals surface area contributed by atoms with Crippen molar-refractivity contribution in [3.63, 3.8) is 0 Å². The number of hydrogen-bond donors (Lipinski definition) is 0. The maximum atomic E-state index is 13.4. The number of carbonyl (C=O) groups excluding carboxylic acids is 1.